The van der Waals surface area contributed by atoms with Crippen molar-refractivity contribution in [3.05, 3.63) is 29.8 Å². The highest BCUT2D eigenvalue weighted by atomic mass is 16.5. The number of para-hydroxylation sites is 1. The Kier molecular flexibility index (Phi) is 8.55. The van der Waals surface area contributed by atoms with E-state index in [0.29, 0.717) is 12.7 Å². The van der Waals surface area contributed by atoms with E-state index in [0.717, 1.165) is 62.8 Å². The van der Waals surface area contributed by atoms with E-state index in [2.05, 4.69) is 21.3 Å². The van der Waals surface area contributed by atoms with Crippen LogP contribution in [0.25, 0.3) is 0 Å². The summed E-state index contributed by atoms with van der Waals surface area (Å²) in [5.41, 5.74) is 1.13. The standard InChI is InChI=1S/C19H31N3O3/c1-20-19(21-11-7-12-24-15-17-9-6-13-25-17)22(2)14-16-8-4-5-10-18(16)23-3/h4-5,8,10,17H,6-7,9,11-15H2,1-3H3,(H,20,21). The average Bonchev–Trinajstić information content (AvgIpc) is 3.15. The first-order valence-corrected chi connectivity index (χ1v) is 8.97. The largest absolute Gasteiger partial charge is 0.496 e. The number of guanidine groups is 1. The van der Waals surface area contributed by atoms with Crippen LogP contribution in [-0.2, 0) is 16.0 Å². The number of nitrogens with one attached hydrogen (secondary N) is 1. The fourth-order valence-electron chi connectivity index (χ4n) is 2.91. The van der Waals surface area contributed by atoms with Gasteiger partial charge in [0.2, 0.25) is 0 Å². The summed E-state index contributed by atoms with van der Waals surface area (Å²) in [6.45, 7) is 3.89. The molecule has 1 heterocycles. The Morgan fingerprint density at radius 3 is 2.96 bits per heavy atom. The Balaban J connectivity index is 1.66. The molecule has 0 aliphatic carbocycles. The van der Waals surface area contributed by atoms with Gasteiger partial charge in [0.15, 0.2) is 5.96 Å². The first kappa shape index (κ1) is 19.5. The van der Waals surface area contributed by atoms with Crippen molar-refractivity contribution in [3.8, 4) is 5.75 Å². The van der Waals surface area contributed by atoms with Crippen LogP contribution in [0, 0.1) is 0 Å². The molecule has 1 aromatic carbocycles. The lowest BCUT2D eigenvalue weighted by atomic mass is 10.2. The fourth-order valence-corrected chi connectivity index (χ4v) is 2.91. The van der Waals surface area contributed by atoms with Crippen LogP contribution in [0.5, 0.6) is 5.75 Å². The van der Waals surface area contributed by atoms with Gasteiger partial charge in [0.25, 0.3) is 0 Å². The number of nitrogens with zero attached hydrogens (tertiary/aromatic N) is 2. The zero-order valence-electron chi connectivity index (χ0n) is 15.7. The predicted octanol–water partition coefficient (Wildman–Crippen LogP) is 2.29. The third kappa shape index (κ3) is 6.55. The third-order valence-electron chi connectivity index (χ3n) is 4.25. The Morgan fingerprint density at radius 2 is 2.24 bits per heavy atom. The molecule has 6 heteroatoms. The molecule has 1 unspecified atom stereocenters. The first-order chi connectivity index (χ1) is 12.2. The summed E-state index contributed by atoms with van der Waals surface area (Å²) in [6, 6.07) is 8.05. The molecule has 0 saturated carbocycles. The topological polar surface area (TPSA) is 55.3 Å². The molecule has 1 aromatic rings. The molecule has 1 N–H and O–H groups in total. The number of rotatable bonds is 9. The summed E-state index contributed by atoms with van der Waals surface area (Å²) in [7, 11) is 5.52. The average molecular weight is 349 g/mol. The predicted molar refractivity (Wildman–Crippen MR) is 100 cm³/mol. The summed E-state index contributed by atoms with van der Waals surface area (Å²) in [6.07, 6.45) is 3.52. The quantitative estimate of drug-likeness (QED) is 0.421. The maximum absolute atomic E-state index is 5.68. The van der Waals surface area contributed by atoms with E-state index in [1.807, 2.05) is 25.2 Å². The zero-order valence-corrected chi connectivity index (χ0v) is 15.7. The molecule has 140 valence electrons. The molecule has 0 bridgehead atoms. The van der Waals surface area contributed by atoms with Crippen molar-refractivity contribution in [1.82, 2.24) is 10.2 Å². The molecule has 1 atom stereocenters. The number of methoxy groups -OCH3 is 1. The maximum Gasteiger partial charge on any atom is 0.193 e. The minimum Gasteiger partial charge on any atom is -0.496 e. The number of benzene rings is 1. The highest BCUT2D eigenvalue weighted by Gasteiger charge is 2.15. The van der Waals surface area contributed by atoms with Gasteiger partial charge < -0.3 is 24.4 Å². The van der Waals surface area contributed by atoms with E-state index in [9.17, 15) is 0 Å². The van der Waals surface area contributed by atoms with E-state index in [-0.39, 0.29) is 0 Å². The van der Waals surface area contributed by atoms with Crippen LogP contribution < -0.4 is 10.1 Å². The smallest absolute Gasteiger partial charge is 0.193 e. The van der Waals surface area contributed by atoms with E-state index in [4.69, 9.17) is 14.2 Å². The highest BCUT2D eigenvalue weighted by molar-refractivity contribution is 5.79. The minimum absolute atomic E-state index is 0.299. The fraction of sp³-hybridized carbons (Fsp3) is 0.632. The van der Waals surface area contributed by atoms with Crippen LogP contribution in [-0.4, -0.2) is 64.5 Å². The second-order valence-corrected chi connectivity index (χ2v) is 6.21. The molecular formula is C19H31N3O3. The van der Waals surface area contributed by atoms with Crippen molar-refractivity contribution in [1.29, 1.82) is 0 Å². The Bertz CT molecular complexity index is 530. The van der Waals surface area contributed by atoms with E-state index >= 15 is 0 Å². The van der Waals surface area contributed by atoms with Gasteiger partial charge in [-0.05, 0) is 25.3 Å². The van der Waals surface area contributed by atoms with Crippen molar-refractivity contribution in [2.24, 2.45) is 4.99 Å². The Morgan fingerprint density at radius 1 is 1.40 bits per heavy atom. The van der Waals surface area contributed by atoms with Gasteiger partial charge in [-0.1, -0.05) is 18.2 Å². The van der Waals surface area contributed by atoms with Gasteiger partial charge in [-0.25, -0.2) is 0 Å². The van der Waals surface area contributed by atoms with Crippen LogP contribution in [0.2, 0.25) is 0 Å². The summed E-state index contributed by atoms with van der Waals surface area (Å²) in [5.74, 6) is 1.76. The second-order valence-electron chi connectivity index (χ2n) is 6.21. The van der Waals surface area contributed by atoms with Crippen molar-refractivity contribution in [2.45, 2.75) is 31.9 Å². The van der Waals surface area contributed by atoms with Crippen molar-refractivity contribution < 1.29 is 14.2 Å². The zero-order chi connectivity index (χ0) is 17.9. The highest BCUT2D eigenvalue weighted by Crippen LogP contribution is 2.18. The van der Waals surface area contributed by atoms with Crippen LogP contribution in [0.1, 0.15) is 24.8 Å². The van der Waals surface area contributed by atoms with Crippen molar-refractivity contribution in [3.63, 3.8) is 0 Å². The summed E-state index contributed by atoms with van der Waals surface area (Å²) in [5, 5.41) is 3.38. The Hall–Kier alpha value is -1.79. The lowest BCUT2D eigenvalue weighted by Crippen LogP contribution is -2.39. The number of hydrogen-bond acceptors (Lipinski definition) is 4. The molecule has 1 aliphatic rings. The van der Waals surface area contributed by atoms with Crippen molar-refractivity contribution >= 4 is 5.96 Å². The number of aliphatic imine (C=N–C) groups is 1. The molecule has 25 heavy (non-hydrogen) atoms. The van der Waals surface area contributed by atoms with Gasteiger partial charge in [-0.3, -0.25) is 4.99 Å². The van der Waals surface area contributed by atoms with Crippen LogP contribution >= 0.6 is 0 Å². The molecule has 1 saturated heterocycles. The van der Waals surface area contributed by atoms with Gasteiger partial charge in [0.1, 0.15) is 5.75 Å². The summed E-state index contributed by atoms with van der Waals surface area (Å²) >= 11 is 0. The summed E-state index contributed by atoms with van der Waals surface area (Å²) < 4.78 is 16.6. The number of ether oxygens (including phenoxy) is 3. The minimum atomic E-state index is 0.299. The first-order valence-electron chi connectivity index (χ1n) is 8.97. The van der Waals surface area contributed by atoms with Gasteiger partial charge >= 0.3 is 0 Å². The van der Waals surface area contributed by atoms with Gasteiger partial charge in [0, 0.05) is 46.0 Å². The molecule has 0 spiro atoms. The molecule has 0 amide bonds. The maximum atomic E-state index is 5.68. The van der Waals surface area contributed by atoms with E-state index in [1.165, 1.54) is 0 Å². The van der Waals surface area contributed by atoms with Crippen LogP contribution in [0.3, 0.4) is 0 Å². The van der Waals surface area contributed by atoms with Crippen LogP contribution in [0.15, 0.2) is 29.3 Å². The lowest BCUT2D eigenvalue weighted by molar-refractivity contribution is 0.0168. The molecule has 1 aliphatic heterocycles. The summed E-state index contributed by atoms with van der Waals surface area (Å²) in [4.78, 5) is 6.44. The van der Waals surface area contributed by atoms with Gasteiger partial charge in [0.05, 0.1) is 19.8 Å². The molecule has 1 fully saturated rings. The van der Waals surface area contributed by atoms with Gasteiger partial charge in [-0.15, -0.1) is 0 Å². The molecule has 0 radical (unpaired) electrons. The van der Waals surface area contributed by atoms with E-state index in [1.54, 1.807) is 14.2 Å². The molecule has 6 nitrogen and oxygen atoms in total. The van der Waals surface area contributed by atoms with Gasteiger partial charge in [-0.2, -0.15) is 0 Å². The molecular weight excluding hydrogens is 318 g/mol. The van der Waals surface area contributed by atoms with E-state index < -0.39 is 0 Å². The normalized spacial score (nSPS) is 17.6. The lowest BCUT2D eigenvalue weighted by Gasteiger charge is -2.23. The monoisotopic (exact) mass is 349 g/mol. The third-order valence-corrected chi connectivity index (χ3v) is 4.25. The number of hydrogen-bond donors (Lipinski definition) is 1. The molecule has 2 rings (SSSR count). The molecule has 0 aromatic heterocycles. The van der Waals surface area contributed by atoms with Crippen LogP contribution in [0.4, 0.5) is 0 Å². The Labute approximate surface area is 151 Å². The van der Waals surface area contributed by atoms with Crippen molar-refractivity contribution in [2.75, 3.05) is 47.6 Å². The second kappa shape index (κ2) is 10.9. The SMILES string of the molecule is CN=C(NCCCOCC1CCCO1)N(C)Cc1ccccc1OC.